The molecule has 1 aromatic rings. The lowest BCUT2D eigenvalue weighted by Gasteiger charge is -2.35. The highest BCUT2D eigenvalue weighted by Gasteiger charge is 2.53. The monoisotopic (exact) mass is 459 g/mol. The largest absolute Gasteiger partial charge is 0.370 e. The molecule has 140 valence electrons. The van der Waals surface area contributed by atoms with E-state index in [1.165, 1.54) is 25.7 Å². The van der Waals surface area contributed by atoms with Gasteiger partial charge in [0, 0.05) is 38.4 Å². The molecule has 1 N–H and O–H groups in total. The lowest BCUT2D eigenvalue weighted by Crippen LogP contribution is -2.48. The predicted molar refractivity (Wildman–Crippen MR) is 109 cm³/mol. The molecule has 0 amide bonds. The quantitative estimate of drug-likeness (QED) is 0.418. The molecule has 1 aliphatic heterocycles. The third-order valence-electron chi connectivity index (χ3n) is 5.68. The van der Waals surface area contributed by atoms with Crippen LogP contribution in [0.5, 0.6) is 0 Å². The van der Waals surface area contributed by atoms with Gasteiger partial charge >= 0.3 is 0 Å². The van der Waals surface area contributed by atoms with Gasteiger partial charge in [-0.2, -0.15) is 5.10 Å². The van der Waals surface area contributed by atoms with Gasteiger partial charge in [0.05, 0.1) is 19.3 Å². The van der Waals surface area contributed by atoms with Crippen LogP contribution in [0.3, 0.4) is 0 Å². The van der Waals surface area contributed by atoms with Crippen LogP contribution in [0.15, 0.2) is 17.4 Å². The number of rotatable bonds is 5. The molecule has 2 aliphatic carbocycles. The Labute approximate surface area is 167 Å². The minimum absolute atomic E-state index is 0. The van der Waals surface area contributed by atoms with Gasteiger partial charge in [0.2, 0.25) is 0 Å². The van der Waals surface area contributed by atoms with Gasteiger partial charge in [0.15, 0.2) is 5.96 Å². The van der Waals surface area contributed by atoms with E-state index in [4.69, 9.17) is 9.73 Å². The zero-order valence-electron chi connectivity index (χ0n) is 15.3. The molecule has 3 aliphatic rings. The molecule has 6 nitrogen and oxygen atoms in total. The molecule has 2 heterocycles. The SMILES string of the molecule is CCNC(=NCC1(C2CC2)CC1)N1CCOC(c2cnn(C)c2)C1.I. The second-order valence-corrected chi connectivity index (χ2v) is 7.56. The molecule has 3 fully saturated rings. The van der Waals surface area contributed by atoms with Crippen LogP contribution in [-0.2, 0) is 11.8 Å². The molecule has 0 radical (unpaired) electrons. The second-order valence-electron chi connectivity index (χ2n) is 7.56. The normalized spacial score (nSPS) is 25.4. The minimum atomic E-state index is 0. The number of morpholine rings is 1. The zero-order valence-corrected chi connectivity index (χ0v) is 17.6. The number of halogens is 1. The van der Waals surface area contributed by atoms with Gasteiger partial charge in [-0.25, -0.2) is 0 Å². The Hall–Kier alpha value is -0.830. The average molecular weight is 459 g/mol. The highest BCUT2D eigenvalue weighted by molar-refractivity contribution is 14.0. The van der Waals surface area contributed by atoms with Crippen LogP contribution in [-0.4, -0.2) is 53.4 Å². The van der Waals surface area contributed by atoms with Gasteiger partial charge in [0.1, 0.15) is 6.10 Å². The van der Waals surface area contributed by atoms with Crippen molar-refractivity contribution in [3.63, 3.8) is 0 Å². The van der Waals surface area contributed by atoms with Crippen molar-refractivity contribution in [2.24, 2.45) is 23.4 Å². The van der Waals surface area contributed by atoms with E-state index in [0.717, 1.165) is 50.2 Å². The summed E-state index contributed by atoms with van der Waals surface area (Å²) < 4.78 is 7.80. The highest BCUT2D eigenvalue weighted by atomic mass is 127. The van der Waals surface area contributed by atoms with Crippen molar-refractivity contribution in [2.45, 2.75) is 38.7 Å². The fourth-order valence-corrected chi connectivity index (χ4v) is 3.86. The molecule has 1 aromatic heterocycles. The number of ether oxygens (including phenoxy) is 1. The lowest BCUT2D eigenvalue weighted by atomic mass is 10.0. The molecule has 4 rings (SSSR count). The van der Waals surface area contributed by atoms with Crippen molar-refractivity contribution in [3.05, 3.63) is 18.0 Å². The highest BCUT2D eigenvalue weighted by Crippen LogP contribution is 2.61. The molecule has 2 saturated carbocycles. The number of aryl methyl sites for hydroxylation is 1. The van der Waals surface area contributed by atoms with Gasteiger partial charge in [-0.15, -0.1) is 24.0 Å². The maximum Gasteiger partial charge on any atom is 0.194 e. The molecule has 0 spiro atoms. The number of nitrogens with one attached hydrogen (secondary N) is 1. The van der Waals surface area contributed by atoms with Crippen LogP contribution in [0.25, 0.3) is 0 Å². The van der Waals surface area contributed by atoms with Gasteiger partial charge in [0.25, 0.3) is 0 Å². The first-order valence-corrected chi connectivity index (χ1v) is 9.33. The summed E-state index contributed by atoms with van der Waals surface area (Å²) in [6, 6.07) is 0. The zero-order chi connectivity index (χ0) is 16.6. The Bertz CT molecular complexity index is 608. The third kappa shape index (κ3) is 4.30. The van der Waals surface area contributed by atoms with Gasteiger partial charge in [-0.1, -0.05) is 0 Å². The summed E-state index contributed by atoms with van der Waals surface area (Å²) in [5, 5.41) is 7.76. The predicted octanol–water partition coefficient (Wildman–Crippen LogP) is 2.57. The van der Waals surface area contributed by atoms with Crippen LogP contribution in [0.1, 0.15) is 44.3 Å². The van der Waals surface area contributed by atoms with Crippen LogP contribution < -0.4 is 5.32 Å². The number of aromatic nitrogens is 2. The Kier molecular flexibility index (Phi) is 5.92. The lowest BCUT2D eigenvalue weighted by molar-refractivity contribution is -0.00807. The Morgan fingerprint density at radius 3 is 2.84 bits per heavy atom. The van der Waals surface area contributed by atoms with E-state index in [9.17, 15) is 0 Å². The molecule has 0 bridgehead atoms. The molecule has 25 heavy (non-hydrogen) atoms. The van der Waals surface area contributed by atoms with E-state index in [1.807, 2.05) is 24.1 Å². The van der Waals surface area contributed by atoms with Crippen molar-refractivity contribution < 1.29 is 4.74 Å². The number of guanidine groups is 1. The molecule has 0 aromatic carbocycles. The number of hydrogen-bond acceptors (Lipinski definition) is 3. The minimum Gasteiger partial charge on any atom is -0.370 e. The Balaban J connectivity index is 0.00000182. The molecule has 1 unspecified atom stereocenters. The van der Waals surface area contributed by atoms with E-state index >= 15 is 0 Å². The number of aliphatic imine (C=N–C) groups is 1. The van der Waals surface area contributed by atoms with Gasteiger partial charge < -0.3 is 15.0 Å². The van der Waals surface area contributed by atoms with Crippen molar-refractivity contribution in [1.29, 1.82) is 0 Å². The summed E-state index contributed by atoms with van der Waals surface area (Å²) in [6.45, 7) is 6.52. The van der Waals surface area contributed by atoms with Crippen LogP contribution >= 0.6 is 24.0 Å². The second kappa shape index (κ2) is 7.82. The van der Waals surface area contributed by atoms with Crippen LogP contribution in [0, 0.1) is 11.3 Å². The maximum atomic E-state index is 5.96. The molecular weight excluding hydrogens is 429 g/mol. The van der Waals surface area contributed by atoms with Gasteiger partial charge in [-0.05, 0) is 43.9 Å². The van der Waals surface area contributed by atoms with Crippen LogP contribution in [0.4, 0.5) is 0 Å². The Morgan fingerprint density at radius 2 is 2.24 bits per heavy atom. The van der Waals surface area contributed by atoms with E-state index in [-0.39, 0.29) is 30.1 Å². The smallest absolute Gasteiger partial charge is 0.194 e. The summed E-state index contributed by atoms with van der Waals surface area (Å²) in [4.78, 5) is 7.38. The third-order valence-corrected chi connectivity index (χ3v) is 5.68. The van der Waals surface area contributed by atoms with E-state index < -0.39 is 0 Å². The molecule has 1 atom stereocenters. The first-order valence-electron chi connectivity index (χ1n) is 9.33. The van der Waals surface area contributed by atoms with Crippen molar-refractivity contribution in [1.82, 2.24) is 20.0 Å². The standard InChI is InChI=1S/C18H29N5O.HI/c1-3-19-17(20-13-18(6-7-18)15-4-5-15)23-8-9-24-16(12-23)14-10-21-22(2)11-14;/h10-11,15-16H,3-9,12-13H2,1-2H3,(H,19,20);1H. The summed E-state index contributed by atoms with van der Waals surface area (Å²) >= 11 is 0. The number of hydrogen-bond donors (Lipinski definition) is 1. The van der Waals surface area contributed by atoms with E-state index in [0.29, 0.717) is 5.41 Å². The van der Waals surface area contributed by atoms with E-state index in [2.05, 4.69) is 22.2 Å². The first-order chi connectivity index (χ1) is 11.7. The summed E-state index contributed by atoms with van der Waals surface area (Å²) in [7, 11) is 1.95. The van der Waals surface area contributed by atoms with Crippen molar-refractivity contribution in [3.8, 4) is 0 Å². The van der Waals surface area contributed by atoms with Crippen LogP contribution in [0.2, 0.25) is 0 Å². The summed E-state index contributed by atoms with van der Waals surface area (Å²) in [6.07, 6.45) is 9.63. The topological polar surface area (TPSA) is 54.7 Å². The molecular formula is C18H30IN5O. The maximum absolute atomic E-state index is 5.96. The fraction of sp³-hybridized carbons (Fsp3) is 0.778. The van der Waals surface area contributed by atoms with Crippen molar-refractivity contribution >= 4 is 29.9 Å². The molecule has 1 saturated heterocycles. The molecule has 7 heteroatoms. The number of nitrogens with zero attached hydrogens (tertiary/aromatic N) is 4. The summed E-state index contributed by atoms with van der Waals surface area (Å²) in [5.74, 6) is 2.01. The fourth-order valence-electron chi connectivity index (χ4n) is 3.86. The van der Waals surface area contributed by atoms with Gasteiger partial charge in [-0.3, -0.25) is 9.67 Å². The van der Waals surface area contributed by atoms with E-state index in [1.54, 1.807) is 0 Å². The first kappa shape index (κ1) is 18.9. The summed E-state index contributed by atoms with van der Waals surface area (Å²) in [5.41, 5.74) is 1.70. The Morgan fingerprint density at radius 1 is 1.44 bits per heavy atom. The van der Waals surface area contributed by atoms with Crippen molar-refractivity contribution in [2.75, 3.05) is 32.8 Å². The average Bonchev–Trinajstić information content (AvgIpc) is 3.50.